The minimum atomic E-state index is -0.393. The second-order valence-electron chi connectivity index (χ2n) is 7.31. The van der Waals surface area contributed by atoms with Crippen molar-refractivity contribution in [3.05, 3.63) is 106 Å². The van der Waals surface area contributed by atoms with Crippen LogP contribution in [0.1, 0.15) is 36.3 Å². The van der Waals surface area contributed by atoms with Gasteiger partial charge in [-0.2, -0.15) is 0 Å². The highest BCUT2D eigenvalue weighted by Gasteiger charge is 2.14. The molecule has 33 heavy (non-hydrogen) atoms. The molecule has 166 valence electrons. The number of hydrogen-bond donors (Lipinski definition) is 2. The van der Waals surface area contributed by atoms with Gasteiger partial charge in [-0.15, -0.1) is 10.2 Å². The van der Waals surface area contributed by atoms with Gasteiger partial charge in [0.1, 0.15) is 12.4 Å². The summed E-state index contributed by atoms with van der Waals surface area (Å²) < 4.78 is 5.69. The number of hydrogen-bond acceptors (Lipinski definition) is 6. The van der Waals surface area contributed by atoms with Crippen molar-refractivity contribution < 1.29 is 14.3 Å². The first-order chi connectivity index (χ1) is 16.1. The zero-order chi connectivity index (χ0) is 23.0. The summed E-state index contributed by atoms with van der Waals surface area (Å²) in [6.07, 6.45) is 0. The third-order valence-electron chi connectivity index (χ3n) is 4.72. The van der Waals surface area contributed by atoms with Crippen LogP contribution in [0.5, 0.6) is 5.75 Å². The SMILES string of the molecule is Cc1ccc(OCc2nnc(C(=O)Nc3cccc(C(=O)NCc4ccccc4)c3)s2)cc1. The third kappa shape index (κ3) is 6.24. The predicted molar refractivity (Wildman–Crippen MR) is 127 cm³/mol. The average molecular weight is 459 g/mol. The Morgan fingerprint density at radius 2 is 1.70 bits per heavy atom. The minimum absolute atomic E-state index is 0.219. The Morgan fingerprint density at radius 3 is 2.48 bits per heavy atom. The average Bonchev–Trinajstić information content (AvgIpc) is 3.32. The molecule has 4 rings (SSSR count). The van der Waals surface area contributed by atoms with E-state index in [1.165, 1.54) is 0 Å². The molecule has 1 aromatic heterocycles. The molecule has 0 aliphatic rings. The van der Waals surface area contributed by atoms with Crippen molar-refractivity contribution in [2.24, 2.45) is 0 Å². The second kappa shape index (κ2) is 10.5. The number of benzene rings is 3. The van der Waals surface area contributed by atoms with Gasteiger partial charge in [-0.05, 0) is 42.8 Å². The molecule has 0 aliphatic carbocycles. The maximum Gasteiger partial charge on any atom is 0.286 e. The maximum atomic E-state index is 12.6. The van der Waals surface area contributed by atoms with E-state index in [0.717, 1.165) is 28.2 Å². The molecular weight excluding hydrogens is 436 g/mol. The molecule has 4 aromatic rings. The Morgan fingerprint density at radius 1 is 0.909 bits per heavy atom. The lowest BCUT2D eigenvalue weighted by Crippen LogP contribution is -2.23. The van der Waals surface area contributed by atoms with Crippen LogP contribution >= 0.6 is 11.3 Å². The van der Waals surface area contributed by atoms with E-state index in [9.17, 15) is 9.59 Å². The van der Waals surface area contributed by atoms with Crippen LogP contribution in [0.25, 0.3) is 0 Å². The number of amides is 2. The molecule has 0 bridgehead atoms. The van der Waals surface area contributed by atoms with Gasteiger partial charge in [-0.1, -0.05) is 65.4 Å². The molecule has 0 atom stereocenters. The Bertz CT molecular complexity index is 1240. The van der Waals surface area contributed by atoms with E-state index in [2.05, 4.69) is 20.8 Å². The topological polar surface area (TPSA) is 93.2 Å². The molecule has 0 aliphatic heterocycles. The molecule has 0 saturated carbocycles. The lowest BCUT2D eigenvalue weighted by Gasteiger charge is -2.08. The molecule has 7 nitrogen and oxygen atoms in total. The van der Waals surface area contributed by atoms with Gasteiger partial charge in [0.05, 0.1) is 0 Å². The first-order valence-electron chi connectivity index (χ1n) is 10.3. The van der Waals surface area contributed by atoms with E-state index in [4.69, 9.17) is 4.74 Å². The lowest BCUT2D eigenvalue weighted by molar-refractivity contribution is 0.0949. The molecule has 0 radical (unpaired) electrons. The number of nitrogens with one attached hydrogen (secondary N) is 2. The van der Waals surface area contributed by atoms with E-state index >= 15 is 0 Å². The fourth-order valence-electron chi connectivity index (χ4n) is 2.99. The van der Waals surface area contributed by atoms with Gasteiger partial charge < -0.3 is 15.4 Å². The molecule has 0 unspecified atom stereocenters. The summed E-state index contributed by atoms with van der Waals surface area (Å²) in [4.78, 5) is 25.1. The monoisotopic (exact) mass is 458 g/mol. The lowest BCUT2D eigenvalue weighted by atomic mass is 10.1. The summed E-state index contributed by atoms with van der Waals surface area (Å²) in [6.45, 7) is 2.66. The van der Waals surface area contributed by atoms with E-state index in [1.807, 2.05) is 61.5 Å². The van der Waals surface area contributed by atoms with Gasteiger partial charge in [0.2, 0.25) is 5.01 Å². The molecule has 0 saturated heterocycles. The van der Waals surface area contributed by atoms with Gasteiger partial charge >= 0.3 is 0 Å². The number of ether oxygens (including phenoxy) is 1. The third-order valence-corrected chi connectivity index (χ3v) is 5.62. The summed E-state index contributed by atoms with van der Waals surface area (Å²) in [5.74, 6) is 0.112. The zero-order valence-corrected chi connectivity index (χ0v) is 18.8. The van der Waals surface area contributed by atoms with Crippen LogP contribution in [-0.4, -0.2) is 22.0 Å². The molecule has 1 heterocycles. The summed E-state index contributed by atoms with van der Waals surface area (Å²) in [5.41, 5.74) is 3.11. The number of aromatic nitrogens is 2. The highest BCUT2D eigenvalue weighted by molar-refractivity contribution is 7.13. The van der Waals surface area contributed by atoms with Crippen LogP contribution in [0, 0.1) is 6.92 Å². The number of anilines is 1. The van der Waals surface area contributed by atoms with Gasteiger partial charge in [-0.25, -0.2) is 0 Å². The predicted octanol–water partition coefficient (Wildman–Crippen LogP) is 4.61. The number of aryl methyl sites for hydroxylation is 1. The fraction of sp³-hybridized carbons (Fsp3) is 0.120. The molecule has 3 aromatic carbocycles. The van der Waals surface area contributed by atoms with Crippen molar-refractivity contribution in [3.63, 3.8) is 0 Å². The maximum absolute atomic E-state index is 12.6. The van der Waals surface area contributed by atoms with Crippen molar-refractivity contribution >= 4 is 28.8 Å². The highest BCUT2D eigenvalue weighted by atomic mass is 32.1. The van der Waals surface area contributed by atoms with Gasteiger partial charge in [-0.3, -0.25) is 9.59 Å². The van der Waals surface area contributed by atoms with Gasteiger partial charge in [0.25, 0.3) is 11.8 Å². The Kier molecular flexibility index (Phi) is 7.06. The number of carbonyl (C=O) groups excluding carboxylic acids is 2. The standard InChI is InChI=1S/C25H22N4O3S/c1-17-10-12-21(13-11-17)32-16-22-28-29-25(33-22)24(31)27-20-9-5-8-19(14-20)23(30)26-15-18-6-3-2-4-7-18/h2-14H,15-16H2,1H3,(H,26,30)(H,27,31). The summed E-state index contributed by atoms with van der Waals surface area (Å²) in [5, 5.41) is 14.4. The number of carbonyl (C=O) groups is 2. The van der Waals surface area contributed by atoms with E-state index < -0.39 is 5.91 Å². The Balaban J connectivity index is 1.33. The molecule has 2 amide bonds. The molecule has 2 N–H and O–H groups in total. The zero-order valence-electron chi connectivity index (χ0n) is 17.9. The van der Waals surface area contributed by atoms with Crippen LogP contribution in [0.4, 0.5) is 5.69 Å². The number of rotatable bonds is 8. The summed E-state index contributed by atoms with van der Waals surface area (Å²) in [6, 6.07) is 24.1. The summed E-state index contributed by atoms with van der Waals surface area (Å²) in [7, 11) is 0. The molecule has 8 heteroatoms. The largest absolute Gasteiger partial charge is 0.486 e. The smallest absolute Gasteiger partial charge is 0.286 e. The van der Waals surface area contributed by atoms with E-state index in [1.54, 1.807) is 24.3 Å². The minimum Gasteiger partial charge on any atom is -0.486 e. The quantitative estimate of drug-likeness (QED) is 0.402. The Hall–Kier alpha value is -4.04. The van der Waals surface area contributed by atoms with E-state index in [0.29, 0.717) is 22.8 Å². The first kappa shape index (κ1) is 22.2. The number of nitrogens with zero attached hydrogens (tertiary/aromatic N) is 2. The van der Waals surface area contributed by atoms with Gasteiger partial charge in [0, 0.05) is 17.8 Å². The van der Waals surface area contributed by atoms with Crippen molar-refractivity contribution in [1.29, 1.82) is 0 Å². The van der Waals surface area contributed by atoms with Crippen molar-refractivity contribution in [2.75, 3.05) is 5.32 Å². The summed E-state index contributed by atoms with van der Waals surface area (Å²) >= 11 is 1.16. The normalized spacial score (nSPS) is 10.5. The van der Waals surface area contributed by atoms with Crippen molar-refractivity contribution in [2.45, 2.75) is 20.1 Å². The van der Waals surface area contributed by atoms with Crippen molar-refractivity contribution in [3.8, 4) is 5.75 Å². The first-order valence-corrected chi connectivity index (χ1v) is 11.1. The second-order valence-corrected chi connectivity index (χ2v) is 8.37. The van der Waals surface area contributed by atoms with Crippen LogP contribution in [0.2, 0.25) is 0 Å². The van der Waals surface area contributed by atoms with Crippen LogP contribution < -0.4 is 15.4 Å². The van der Waals surface area contributed by atoms with Crippen LogP contribution in [-0.2, 0) is 13.2 Å². The molecule has 0 spiro atoms. The van der Waals surface area contributed by atoms with Crippen LogP contribution in [0.15, 0.2) is 78.9 Å². The van der Waals surface area contributed by atoms with Crippen molar-refractivity contribution in [1.82, 2.24) is 15.5 Å². The van der Waals surface area contributed by atoms with Gasteiger partial charge in [0.15, 0.2) is 5.01 Å². The van der Waals surface area contributed by atoms with Crippen LogP contribution in [0.3, 0.4) is 0 Å². The van der Waals surface area contributed by atoms with E-state index in [-0.39, 0.29) is 17.5 Å². The Labute approximate surface area is 195 Å². The highest BCUT2D eigenvalue weighted by Crippen LogP contribution is 2.18. The molecule has 0 fully saturated rings. The fourth-order valence-corrected chi connectivity index (χ4v) is 3.63. The molecular formula is C25H22N4O3S.